The smallest absolute Gasteiger partial charge is 0.310 e. The lowest BCUT2D eigenvalue weighted by Crippen LogP contribution is -2.44. The molecule has 7 heteroatoms. The predicted molar refractivity (Wildman–Crippen MR) is 122 cm³/mol. The molecule has 3 rings (SSSR count). The van der Waals surface area contributed by atoms with Gasteiger partial charge in [0.25, 0.3) is 5.91 Å². The number of benzene rings is 2. The molecule has 5 nitrogen and oxygen atoms in total. The van der Waals surface area contributed by atoms with Gasteiger partial charge in [-0.2, -0.15) is 5.26 Å². The van der Waals surface area contributed by atoms with Gasteiger partial charge in [0.2, 0.25) is 0 Å². The van der Waals surface area contributed by atoms with Crippen molar-refractivity contribution in [2.24, 2.45) is 0 Å². The van der Waals surface area contributed by atoms with Crippen LogP contribution in [0.3, 0.4) is 0 Å². The quantitative estimate of drug-likeness (QED) is 0.378. The summed E-state index contributed by atoms with van der Waals surface area (Å²) in [6.45, 7) is 5.74. The Morgan fingerprint density at radius 1 is 1.10 bits per heavy atom. The van der Waals surface area contributed by atoms with Crippen molar-refractivity contribution in [3.05, 3.63) is 62.6 Å². The van der Waals surface area contributed by atoms with Gasteiger partial charge in [-0.3, -0.25) is 4.79 Å². The zero-order valence-corrected chi connectivity index (χ0v) is 19.5. The third-order valence-corrected chi connectivity index (χ3v) is 6.57. The zero-order chi connectivity index (χ0) is 22.1. The molecule has 0 N–H and O–H groups in total. The van der Waals surface area contributed by atoms with Gasteiger partial charge in [-0.1, -0.05) is 39.7 Å². The Morgan fingerprint density at radius 3 is 2.40 bits per heavy atom. The number of nitriles is 1. The fraction of sp³-hybridized carbons (Fsp3) is 0.348. The number of urea groups is 1. The highest BCUT2D eigenvalue weighted by molar-refractivity contribution is 9.10. The van der Waals surface area contributed by atoms with Crippen molar-refractivity contribution in [3.63, 3.8) is 0 Å². The number of hydrogen-bond acceptors (Lipinski definition) is 3. The van der Waals surface area contributed by atoms with Crippen LogP contribution in [0.4, 0.5) is 10.5 Å². The van der Waals surface area contributed by atoms with E-state index in [2.05, 4.69) is 28.1 Å². The number of anilines is 1. The number of carbonyl (C=O) groups is 2. The van der Waals surface area contributed by atoms with Crippen LogP contribution < -0.4 is 4.90 Å². The van der Waals surface area contributed by atoms with Crippen molar-refractivity contribution >= 4 is 45.2 Å². The van der Waals surface area contributed by atoms with Gasteiger partial charge in [-0.25, -0.2) is 9.69 Å². The van der Waals surface area contributed by atoms with Crippen LogP contribution >= 0.6 is 27.5 Å². The van der Waals surface area contributed by atoms with Crippen molar-refractivity contribution in [1.29, 1.82) is 5.26 Å². The van der Waals surface area contributed by atoms with Gasteiger partial charge in [0.15, 0.2) is 0 Å². The van der Waals surface area contributed by atoms with Gasteiger partial charge in [0.05, 0.1) is 16.3 Å². The molecule has 156 valence electrons. The van der Waals surface area contributed by atoms with E-state index < -0.39 is 5.54 Å². The molecule has 3 amide bonds. The number of hydrogen-bond donors (Lipinski definition) is 0. The minimum atomic E-state index is -0.943. The van der Waals surface area contributed by atoms with Gasteiger partial charge in [0.1, 0.15) is 11.6 Å². The van der Waals surface area contributed by atoms with Crippen molar-refractivity contribution in [1.82, 2.24) is 4.90 Å². The van der Waals surface area contributed by atoms with E-state index in [9.17, 15) is 9.59 Å². The SMILES string of the molecule is Cc1c(N2C(=O)N(CCCCc3ccc(Br)cc3)C(C)(C)C2=O)ccc(C#N)c1Cl. The lowest BCUT2D eigenvalue weighted by molar-refractivity contribution is -0.123. The maximum absolute atomic E-state index is 13.2. The topological polar surface area (TPSA) is 64.4 Å². The maximum Gasteiger partial charge on any atom is 0.332 e. The van der Waals surface area contributed by atoms with Crippen LogP contribution in [0.15, 0.2) is 40.9 Å². The first-order valence-corrected chi connectivity index (χ1v) is 11.0. The molecule has 1 fully saturated rings. The third-order valence-electron chi connectivity index (χ3n) is 5.55. The van der Waals surface area contributed by atoms with Gasteiger partial charge >= 0.3 is 6.03 Å². The third kappa shape index (κ3) is 4.10. The number of halogens is 2. The molecule has 0 spiro atoms. The monoisotopic (exact) mass is 487 g/mol. The lowest BCUT2D eigenvalue weighted by Gasteiger charge is -2.27. The largest absolute Gasteiger partial charge is 0.332 e. The molecule has 1 heterocycles. The summed E-state index contributed by atoms with van der Waals surface area (Å²) in [5, 5.41) is 9.42. The van der Waals surface area contributed by atoms with Crippen LogP contribution in [0.5, 0.6) is 0 Å². The maximum atomic E-state index is 13.2. The molecule has 0 saturated carbocycles. The highest BCUT2D eigenvalue weighted by Gasteiger charge is 2.51. The molecule has 30 heavy (non-hydrogen) atoms. The molecule has 1 aliphatic rings. The van der Waals surface area contributed by atoms with E-state index in [-0.39, 0.29) is 17.0 Å². The number of carbonyl (C=O) groups excluding carboxylic acids is 2. The summed E-state index contributed by atoms with van der Waals surface area (Å²) in [4.78, 5) is 29.1. The molecule has 1 aliphatic heterocycles. The molecule has 0 radical (unpaired) electrons. The molecular formula is C23H23BrClN3O2. The molecular weight excluding hydrogens is 466 g/mol. The average molecular weight is 489 g/mol. The fourth-order valence-corrected chi connectivity index (χ4v) is 4.14. The predicted octanol–water partition coefficient (Wildman–Crippen LogP) is 5.85. The van der Waals surface area contributed by atoms with E-state index in [4.69, 9.17) is 16.9 Å². The van der Waals surface area contributed by atoms with E-state index in [0.717, 1.165) is 23.7 Å². The van der Waals surface area contributed by atoms with E-state index in [1.165, 1.54) is 10.5 Å². The summed E-state index contributed by atoms with van der Waals surface area (Å²) in [6, 6.07) is 13.0. The van der Waals surface area contributed by atoms with Gasteiger partial charge < -0.3 is 4.90 Å². The summed E-state index contributed by atoms with van der Waals surface area (Å²) < 4.78 is 1.05. The molecule has 2 aromatic rings. The minimum absolute atomic E-state index is 0.265. The van der Waals surface area contributed by atoms with Crippen molar-refractivity contribution in [3.8, 4) is 6.07 Å². The van der Waals surface area contributed by atoms with Crippen LogP contribution in [-0.4, -0.2) is 28.9 Å². The first-order chi connectivity index (χ1) is 14.2. The number of nitrogens with zero attached hydrogens (tertiary/aromatic N) is 3. The summed E-state index contributed by atoms with van der Waals surface area (Å²) in [7, 11) is 0. The Balaban J connectivity index is 1.73. The first kappa shape index (κ1) is 22.3. The first-order valence-electron chi connectivity index (χ1n) is 9.78. The number of rotatable bonds is 6. The molecule has 2 aromatic carbocycles. The Morgan fingerprint density at radius 2 is 1.77 bits per heavy atom. The summed E-state index contributed by atoms with van der Waals surface area (Å²) in [6.07, 6.45) is 2.62. The van der Waals surface area contributed by atoms with Crippen LogP contribution in [0.25, 0.3) is 0 Å². The van der Waals surface area contributed by atoms with Crippen LogP contribution in [0.2, 0.25) is 5.02 Å². The molecule has 0 bridgehead atoms. The van der Waals surface area contributed by atoms with E-state index >= 15 is 0 Å². The zero-order valence-electron chi connectivity index (χ0n) is 17.2. The summed E-state index contributed by atoms with van der Waals surface area (Å²) in [5.74, 6) is -0.288. The van der Waals surface area contributed by atoms with Crippen molar-refractivity contribution in [2.45, 2.75) is 45.6 Å². The van der Waals surface area contributed by atoms with Crippen molar-refractivity contribution < 1.29 is 9.59 Å². The van der Waals surface area contributed by atoms with Crippen molar-refractivity contribution in [2.75, 3.05) is 11.4 Å². The lowest BCUT2D eigenvalue weighted by atomic mass is 10.0. The normalized spacial score (nSPS) is 15.6. The number of unbranched alkanes of at least 4 members (excludes halogenated alkanes) is 1. The van der Waals surface area contributed by atoms with Gasteiger partial charge in [-0.05, 0) is 75.4 Å². The number of imide groups is 1. The Hall–Kier alpha value is -2.36. The summed E-state index contributed by atoms with van der Waals surface area (Å²) in [5.41, 5.74) is 1.60. The number of amides is 3. The van der Waals surface area contributed by atoms with Gasteiger partial charge in [-0.15, -0.1) is 0 Å². The Kier molecular flexibility index (Phi) is 6.54. The Labute approximate surface area is 190 Å². The number of aryl methyl sites for hydroxylation is 1. The van der Waals surface area contributed by atoms with Gasteiger partial charge in [0, 0.05) is 11.0 Å². The standard InChI is InChI=1S/C23H23BrClN3O2/c1-15-19(12-9-17(14-26)20(15)25)28-21(29)23(2,3)27(22(28)30)13-5-4-6-16-7-10-18(24)11-8-16/h7-12H,4-6,13H2,1-3H3. The minimum Gasteiger partial charge on any atom is -0.310 e. The second kappa shape index (κ2) is 8.79. The van der Waals surface area contributed by atoms with Crippen LogP contribution in [-0.2, 0) is 11.2 Å². The molecule has 1 saturated heterocycles. The van der Waals surface area contributed by atoms with E-state index in [1.807, 2.05) is 18.2 Å². The Bertz CT molecular complexity index is 1030. The molecule has 0 aromatic heterocycles. The van der Waals surface area contributed by atoms with Crippen LogP contribution in [0, 0.1) is 18.3 Å². The van der Waals surface area contributed by atoms with Crippen LogP contribution in [0.1, 0.15) is 43.4 Å². The molecule has 0 aliphatic carbocycles. The molecule has 0 unspecified atom stereocenters. The van der Waals surface area contributed by atoms with E-state index in [0.29, 0.717) is 23.4 Å². The molecule has 0 atom stereocenters. The highest BCUT2D eigenvalue weighted by Crippen LogP contribution is 2.37. The highest BCUT2D eigenvalue weighted by atomic mass is 79.9. The second-order valence-corrected chi connectivity index (χ2v) is 9.19. The second-order valence-electron chi connectivity index (χ2n) is 7.90. The fourth-order valence-electron chi connectivity index (χ4n) is 3.68. The average Bonchev–Trinajstić information content (AvgIpc) is 2.88. The summed E-state index contributed by atoms with van der Waals surface area (Å²) >= 11 is 9.70. The van der Waals surface area contributed by atoms with E-state index in [1.54, 1.807) is 37.8 Å².